The molecule has 0 bridgehead atoms. The van der Waals surface area contributed by atoms with Gasteiger partial charge in [0.05, 0.1) is 11.0 Å². The largest absolute Gasteiger partial charge is 0.424 e. The highest BCUT2D eigenvalue weighted by molar-refractivity contribution is 5.85. The van der Waals surface area contributed by atoms with E-state index in [1.807, 2.05) is 12.1 Å². The van der Waals surface area contributed by atoms with E-state index in [0.29, 0.717) is 11.3 Å². The minimum absolute atomic E-state index is 0.217. The van der Waals surface area contributed by atoms with Crippen LogP contribution in [0.1, 0.15) is 93.9 Å². The Kier molecular flexibility index (Phi) is 8.29. The molecule has 1 aliphatic carbocycles. The van der Waals surface area contributed by atoms with Gasteiger partial charge in [-0.05, 0) is 60.9 Å². The highest BCUT2D eigenvalue weighted by atomic mass is 16.5. The molecular formula is C28H35NO2. The second-order valence-electron chi connectivity index (χ2n) is 8.88. The predicted molar refractivity (Wildman–Crippen MR) is 125 cm³/mol. The monoisotopic (exact) mass is 417 g/mol. The van der Waals surface area contributed by atoms with Crippen molar-refractivity contribution < 1.29 is 9.53 Å². The summed E-state index contributed by atoms with van der Waals surface area (Å²) in [7, 11) is 0. The van der Waals surface area contributed by atoms with Crippen molar-refractivity contribution in [1.82, 2.24) is 0 Å². The third-order valence-corrected chi connectivity index (χ3v) is 6.58. The summed E-state index contributed by atoms with van der Waals surface area (Å²) >= 11 is 0. The lowest BCUT2D eigenvalue weighted by atomic mass is 9.69. The number of hydrogen-bond donors (Lipinski definition) is 0. The van der Waals surface area contributed by atoms with Crippen molar-refractivity contribution in [1.29, 1.82) is 5.26 Å². The fraction of sp³-hybridized carbons (Fsp3) is 0.500. The number of carbonyl (C=O) groups is 1. The van der Waals surface area contributed by atoms with E-state index < -0.39 is 5.41 Å². The molecule has 0 N–H and O–H groups in total. The van der Waals surface area contributed by atoms with Crippen LogP contribution in [0.15, 0.2) is 42.5 Å². The number of esters is 1. The van der Waals surface area contributed by atoms with Crippen LogP contribution in [0.25, 0.3) is 0 Å². The number of rotatable bonds is 9. The van der Waals surface area contributed by atoms with Gasteiger partial charge in [-0.2, -0.15) is 5.26 Å². The van der Waals surface area contributed by atoms with Gasteiger partial charge in [0.15, 0.2) is 0 Å². The molecule has 0 aliphatic heterocycles. The zero-order valence-electron chi connectivity index (χ0n) is 19.1. The molecule has 31 heavy (non-hydrogen) atoms. The zero-order chi connectivity index (χ0) is 22.1. The normalized spacial score (nSPS) is 15.3. The van der Waals surface area contributed by atoms with Crippen molar-refractivity contribution in [3.8, 4) is 11.8 Å². The van der Waals surface area contributed by atoms with Crippen LogP contribution in [0, 0.1) is 11.3 Å². The fourth-order valence-electron chi connectivity index (χ4n) is 4.73. The molecule has 0 amide bonds. The van der Waals surface area contributed by atoms with E-state index >= 15 is 0 Å². The number of hydrogen-bond acceptors (Lipinski definition) is 3. The maximum absolute atomic E-state index is 13.5. The van der Waals surface area contributed by atoms with Gasteiger partial charge >= 0.3 is 5.97 Å². The van der Waals surface area contributed by atoms with Crippen LogP contribution in [0.2, 0.25) is 0 Å². The first kappa shape index (κ1) is 23.1. The lowest BCUT2D eigenvalue weighted by Gasteiger charge is -2.35. The van der Waals surface area contributed by atoms with Crippen molar-refractivity contribution >= 4 is 5.97 Å². The number of nitriles is 1. The molecule has 0 radical (unpaired) electrons. The van der Waals surface area contributed by atoms with Gasteiger partial charge in [-0.15, -0.1) is 0 Å². The molecule has 3 nitrogen and oxygen atoms in total. The Labute approximate surface area is 187 Å². The van der Waals surface area contributed by atoms with Crippen LogP contribution >= 0.6 is 0 Å². The molecule has 164 valence electrons. The van der Waals surface area contributed by atoms with Crippen molar-refractivity contribution in [3.05, 3.63) is 64.7 Å². The molecule has 1 fully saturated rings. The van der Waals surface area contributed by atoms with Crippen LogP contribution in [-0.4, -0.2) is 5.97 Å². The van der Waals surface area contributed by atoms with E-state index in [9.17, 15) is 10.1 Å². The first-order chi connectivity index (χ1) is 15.1. The maximum Gasteiger partial charge on any atom is 0.321 e. The van der Waals surface area contributed by atoms with Gasteiger partial charge in [-0.3, -0.25) is 4.79 Å². The van der Waals surface area contributed by atoms with E-state index in [2.05, 4.69) is 44.2 Å². The highest BCUT2D eigenvalue weighted by Gasteiger charge is 2.43. The average Bonchev–Trinajstić information content (AvgIpc) is 2.81. The van der Waals surface area contributed by atoms with Gasteiger partial charge in [0.25, 0.3) is 0 Å². The molecular weight excluding hydrogens is 382 g/mol. The Bertz CT molecular complexity index is 902. The Balaban J connectivity index is 1.83. The number of aryl methyl sites for hydroxylation is 2. The van der Waals surface area contributed by atoms with E-state index in [1.165, 1.54) is 18.4 Å². The third-order valence-electron chi connectivity index (χ3n) is 6.58. The number of benzene rings is 2. The Morgan fingerprint density at radius 3 is 2.29 bits per heavy atom. The molecule has 0 spiro atoms. The zero-order valence-corrected chi connectivity index (χ0v) is 19.1. The highest BCUT2D eigenvalue weighted by Crippen LogP contribution is 2.41. The molecule has 1 aliphatic rings. The van der Waals surface area contributed by atoms with E-state index in [1.54, 1.807) is 6.07 Å². The SMILES string of the molecule is CCCCCc1ccc(OC(=O)C2(c3ccc(CCC)cc3)CCCCC2)c(C#N)c1. The van der Waals surface area contributed by atoms with E-state index in [-0.39, 0.29) is 5.97 Å². The lowest BCUT2D eigenvalue weighted by Crippen LogP contribution is -2.41. The number of carbonyl (C=O) groups excluding carboxylic acids is 1. The van der Waals surface area contributed by atoms with Crippen molar-refractivity contribution in [2.24, 2.45) is 0 Å². The molecule has 0 heterocycles. The second kappa shape index (κ2) is 11.1. The van der Waals surface area contributed by atoms with Crippen molar-refractivity contribution in [2.75, 3.05) is 0 Å². The molecule has 2 aromatic rings. The summed E-state index contributed by atoms with van der Waals surface area (Å²) < 4.78 is 5.93. The summed E-state index contributed by atoms with van der Waals surface area (Å²) in [5.74, 6) is 0.171. The summed E-state index contributed by atoms with van der Waals surface area (Å²) in [6.07, 6.45) is 11.4. The van der Waals surface area contributed by atoms with Crippen LogP contribution < -0.4 is 4.74 Å². The van der Waals surface area contributed by atoms with Crippen LogP contribution in [0.5, 0.6) is 5.75 Å². The Morgan fingerprint density at radius 2 is 1.65 bits per heavy atom. The second-order valence-corrected chi connectivity index (χ2v) is 8.88. The van der Waals surface area contributed by atoms with E-state index in [0.717, 1.165) is 68.9 Å². The summed E-state index contributed by atoms with van der Waals surface area (Å²) in [5, 5.41) is 9.66. The molecule has 0 saturated heterocycles. The van der Waals surface area contributed by atoms with Gasteiger partial charge in [0, 0.05) is 0 Å². The number of ether oxygens (including phenoxy) is 1. The maximum atomic E-state index is 13.5. The molecule has 0 unspecified atom stereocenters. The smallest absolute Gasteiger partial charge is 0.321 e. The minimum atomic E-state index is -0.616. The molecule has 0 atom stereocenters. The number of unbranched alkanes of at least 4 members (excludes halogenated alkanes) is 2. The van der Waals surface area contributed by atoms with Gasteiger partial charge in [-0.1, -0.05) is 82.7 Å². The Morgan fingerprint density at radius 1 is 0.935 bits per heavy atom. The summed E-state index contributed by atoms with van der Waals surface area (Å²) in [6.45, 7) is 4.36. The fourth-order valence-corrected chi connectivity index (χ4v) is 4.73. The van der Waals surface area contributed by atoms with Gasteiger partial charge in [0.1, 0.15) is 11.8 Å². The first-order valence-electron chi connectivity index (χ1n) is 12.0. The van der Waals surface area contributed by atoms with Gasteiger partial charge < -0.3 is 4.74 Å². The van der Waals surface area contributed by atoms with E-state index in [4.69, 9.17) is 4.74 Å². The predicted octanol–water partition coefficient (Wildman–Crippen LogP) is 7.05. The summed E-state index contributed by atoms with van der Waals surface area (Å²) in [4.78, 5) is 13.5. The lowest BCUT2D eigenvalue weighted by molar-refractivity contribution is -0.142. The standard InChI is InChI=1S/C28H35NO2/c1-3-5-7-11-23-14-17-26(24(20-23)21-29)31-27(30)28(18-8-6-9-19-28)25-15-12-22(10-4-2)13-16-25/h12-17,20H,3-11,18-19H2,1-2H3. The van der Waals surface area contributed by atoms with Gasteiger partial charge in [-0.25, -0.2) is 0 Å². The van der Waals surface area contributed by atoms with Crippen molar-refractivity contribution in [3.63, 3.8) is 0 Å². The molecule has 0 aromatic heterocycles. The molecule has 3 rings (SSSR count). The topological polar surface area (TPSA) is 50.1 Å². The molecule has 3 heteroatoms. The number of nitrogens with zero attached hydrogens (tertiary/aromatic N) is 1. The van der Waals surface area contributed by atoms with Crippen molar-refractivity contribution in [2.45, 2.75) is 89.9 Å². The first-order valence-corrected chi connectivity index (χ1v) is 12.0. The third kappa shape index (κ3) is 5.56. The molecule has 1 saturated carbocycles. The van der Waals surface area contributed by atoms with Crippen LogP contribution in [0.4, 0.5) is 0 Å². The summed E-state index contributed by atoms with van der Waals surface area (Å²) in [5.41, 5.74) is 3.31. The van der Waals surface area contributed by atoms with Crippen LogP contribution in [-0.2, 0) is 23.1 Å². The van der Waals surface area contributed by atoms with Gasteiger partial charge in [0.2, 0.25) is 0 Å². The summed E-state index contributed by atoms with van der Waals surface area (Å²) in [6, 6.07) is 16.4. The quantitative estimate of drug-likeness (QED) is 0.249. The van der Waals surface area contributed by atoms with Crippen LogP contribution in [0.3, 0.4) is 0 Å². The average molecular weight is 418 g/mol. The Hall–Kier alpha value is -2.60. The molecule has 2 aromatic carbocycles. The minimum Gasteiger partial charge on any atom is -0.424 e.